The van der Waals surface area contributed by atoms with Crippen molar-refractivity contribution in [3.8, 4) is 0 Å². The number of piperazine rings is 1. The van der Waals surface area contributed by atoms with Crippen LogP contribution in [0.2, 0.25) is 0 Å². The summed E-state index contributed by atoms with van der Waals surface area (Å²) in [5.74, 6) is 0.248. The van der Waals surface area contributed by atoms with Gasteiger partial charge in [0.25, 0.3) is 0 Å². The highest BCUT2D eigenvalue weighted by molar-refractivity contribution is 5.94. The van der Waals surface area contributed by atoms with Crippen LogP contribution < -0.4 is 5.32 Å². The fourth-order valence-electron chi connectivity index (χ4n) is 2.82. The fraction of sp³-hybridized carbons (Fsp3) is 0.857. The van der Waals surface area contributed by atoms with E-state index in [1.807, 2.05) is 13.8 Å². The second kappa shape index (κ2) is 6.10. The van der Waals surface area contributed by atoms with Gasteiger partial charge in [0.1, 0.15) is 11.6 Å². The van der Waals surface area contributed by atoms with Gasteiger partial charge in [0.05, 0.1) is 19.7 Å². The summed E-state index contributed by atoms with van der Waals surface area (Å²) in [6.07, 6.45) is 1.42. The Hall–Kier alpha value is -1.14. The number of carbonyl (C=O) groups excluding carboxylic acids is 2. The Morgan fingerprint density at radius 1 is 1.50 bits per heavy atom. The van der Waals surface area contributed by atoms with Crippen molar-refractivity contribution in [3.05, 3.63) is 0 Å². The van der Waals surface area contributed by atoms with Crippen LogP contribution in [-0.2, 0) is 19.1 Å². The van der Waals surface area contributed by atoms with E-state index in [0.717, 1.165) is 6.42 Å². The van der Waals surface area contributed by atoms with Crippen LogP contribution in [-0.4, -0.2) is 61.8 Å². The molecule has 6 heteroatoms. The zero-order valence-corrected chi connectivity index (χ0v) is 12.5. The van der Waals surface area contributed by atoms with E-state index in [0.29, 0.717) is 32.1 Å². The maximum Gasteiger partial charge on any atom is 0.245 e. The van der Waals surface area contributed by atoms with Gasteiger partial charge in [-0.3, -0.25) is 9.59 Å². The monoisotopic (exact) mass is 284 g/mol. The average Bonchev–Trinajstić information content (AvgIpc) is 2.83. The van der Waals surface area contributed by atoms with Gasteiger partial charge in [-0.15, -0.1) is 0 Å². The molecule has 2 amide bonds. The quantitative estimate of drug-likeness (QED) is 0.781. The van der Waals surface area contributed by atoms with Crippen molar-refractivity contribution >= 4 is 11.8 Å². The van der Waals surface area contributed by atoms with Gasteiger partial charge >= 0.3 is 0 Å². The van der Waals surface area contributed by atoms with Crippen LogP contribution in [0, 0.1) is 5.92 Å². The zero-order chi connectivity index (χ0) is 14.8. The van der Waals surface area contributed by atoms with Crippen LogP contribution >= 0.6 is 0 Å². The van der Waals surface area contributed by atoms with Crippen LogP contribution in [0.15, 0.2) is 0 Å². The van der Waals surface area contributed by atoms with Crippen molar-refractivity contribution in [1.29, 1.82) is 0 Å². The van der Waals surface area contributed by atoms with Gasteiger partial charge in [-0.05, 0) is 12.3 Å². The lowest BCUT2D eigenvalue weighted by Gasteiger charge is -2.38. The maximum absolute atomic E-state index is 12.5. The van der Waals surface area contributed by atoms with E-state index in [-0.39, 0.29) is 18.4 Å². The van der Waals surface area contributed by atoms with Crippen LogP contribution in [0.4, 0.5) is 0 Å². The minimum Gasteiger partial charge on any atom is -0.378 e. The molecule has 1 N–H and O–H groups in total. The predicted octanol–water partition coefficient (Wildman–Crippen LogP) is 0.165. The number of carbonyl (C=O) groups is 2. The number of hydrogen-bond acceptors (Lipinski definition) is 4. The zero-order valence-electron chi connectivity index (χ0n) is 12.5. The van der Waals surface area contributed by atoms with Crippen molar-refractivity contribution in [2.75, 3.05) is 33.4 Å². The summed E-state index contributed by atoms with van der Waals surface area (Å²) in [5.41, 5.74) is -0.463. The van der Waals surface area contributed by atoms with E-state index in [4.69, 9.17) is 9.47 Å². The lowest BCUT2D eigenvalue weighted by atomic mass is 9.98. The highest BCUT2D eigenvalue weighted by Gasteiger charge is 2.41. The standard InChI is InChI=1S/C14H24N2O4/c1-10(2)6-11-13(18)16(7-12(17)15-11)8-14(19-3)4-5-20-9-14/h10-11H,4-9H2,1-3H3,(H,15,17). The van der Waals surface area contributed by atoms with E-state index in [9.17, 15) is 9.59 Å². The van der Waals surface area contributed by atoms with E-state index >= 15 is 0 Å². The molecule has 20 heavy (non-hydrogen) atoms. The third-order valence-corrected chi connectivity index (χ3v) is 3.97. The van der Waals surface area contributed by atoms with Crippen molar-refractivity contribution in [3.63, 3.8) is 0 Å². The molecule has 0 radical (unpaired) electrons. The van der Waals surface area contributed by atoms with Crippen molar-refractivity contribution in [2.24, 2.45) is 5.92 Å². The first-order chi connectivity index (χ1) is 9.46. The smallest absolute Gasteiger partial charge is 0.245 e. The molecule has 2 heterocycles. The molecular weight excluding hydrogens is 260 g/mol. The topological polar surface area (TPSA) is 67.9 Å². The Morgan fingerprint density at radius 2 is 2.25 bits per heavy atom. The number of methoxy groups -OCH3 is 1. The second-order valence-electron chi connectivity index (χ2n) is 6.13. The molecular formula is C14H24N2O4. The summed E-state index contributed by atoms with van der Waals surface area (Å²) in [7, 11) is 1.63. The molecule has 2 unspecified atom stereocenters. The van der Waals surface area contributed by atoms with Crippen LogP contribution in [0.3, 0.4) is 0 Å². The third kappa shape index (κ3) is 3.30. The average molecular weight is 284 g/mol. The summed E-state index contributed by atoms with van der Waals surface area (Å²) >= 11 is 0. The Kier molecular flexibility index (Phi) is 4.65. The fourth-order valence-corrected chi connectivity index (χ4v) is 2.82. The van der Waals surface area contributed by atoms with Crippen molar-refractivity contribution in [2.45, 2.75) is 38.3 Å². The number of amides is 2. The molecule has 0 saturated carbocycles. The highest BCUT2D eigenvalue weighted by Crippen LogP contribution is 2.25. The molecule has 114 valence electrons. The molecule has 0 aromatic rings. The molecule has 0 aromatic heterocycles. The number of ether oxygens (including phenoxy) is 2. The lowest BCUT2D eigenvalue weighted by molar-refractivity contribution is -0.149. The molecule has 6 nitrogen and oxygen atoms in total. The molecule has 2 saturated heterocycles. The molecule has 2 rings (SSSR count). The Morgan fingerprint density at radius 3 is 2.80 bits per heavy atom. The first kappa shape index (κ1) is 15.3. The SMILES string of the molecule is COC1(CN2CC(=O)NC(CC(C)C)C2=O)CCOC1. The molecule has 2 atom stereocenters. The predicted molar refractivity (Wildman–Crippen MR) is 73.1 cm³/mol. The summed E-state index contributed by atoms with van der Waals surface area (Å²) in [6, 6.07) is -0.410. The largest absolute Gasteiger partial charge is 0.378 e. The van der Waals surface area contributed by atoms with Crippen molar-refractivity contribution < 1.29 is 19.1 Å². The number of nitrogens with zero attached hydrogens (tertiary/aromatic N) is 1. The Balaban J connectivity index is 2.05. The van der Waals surface area contributed by atoms with Gasteiger partial charge in [-0.2, -0.15) is 0 Å². The van der Waals surface area contributed by atoms with Gasteiger partial charge in [0.2, 0.25) is 11.8 Å². The molecule has 0 aliphatic carbocycles. The van der Waals surface area contributed by atoms with Gasteiger partial charge < -0.3 is 19.7 Å². The van der Waals surface area contributed by atoms with Crippen LogP contribution in [0.1, 0.15) is 26.7 Å². The van der Waals surface area contributed by atoms with Gasteiger partial charge in [-0.1, -0.05) is 13.8 Å². The van der Waals surface area contributed by atoms with Gasteiger partial charge in [0.15, 0.2) is 0 Å². The molecule has 0 bridgehead atoms. The van der Waals surface area contributed by atoms with Gasteiger partial charge in [0, 0.05) is 20.1 Å². The Bertz CT molecular complexity index is 377. The van der Waals surface area contributed by atoms with E-state index in [1.54, 1.807) is 12.0 Å². The molecule has 2 fully saturated rings. The molecule has 2 aliphatic heterocycles. The lowest BCUT2D eigenvalue weighted by Crippen LogP contribution is -2.61. The van der Waals surface area contributed by atoms with E-state index in [1.165, 1.54) is 0 Å². The molecule has 0 spiro atoms. The van der Waals surface area contributed by atoms with Gasteiger partial charge in [-0.25, -0.2) is 0 Å². The van der Waals surface area contributed by atoms with E-state index in [2.05, 4.69) is 5.32 Å². The third-order valence-electron chi connectivity index (χ3n) is 3.97. The minimum absolute atomic E-state index is 0.0124. The number of nitrogens with one attached hydrogen (secondary N) is 1. The second-order valence-corrected chi connectivity index (χ2v) is 6.13. The molecule has 0 aromatic carbocycles. The van der Waals surface area contributed by atoms with E-state index < -0.39 is 11.6 Å². The summed E-state index contributed by atoms with van der Waals surface area (Å²) in [6.45, 7) is 5.73. The summed E-state index contributed by atoms with van der Waals surface area (Å²) in [4.78, 5) is 25.9. The minimum atomic E-state index is -0.463. The summed E-state index contributed by atoms with van der Waals surface area (Å²) < 4.78 is 10.9. The Labute approximate surface area is 119 Å². The van der Waals surface area contributed by atoms with Crippen LogP contribution in [0.5, 0.6) is 0 Å². The first-order valence-electron chi connectivity index (χ1n) is 7.17. The van der Waals surface area contributed by atoms with Crippen molar-refractivity contribution in [1.82, 2.24) is 10.2 Å². The molecule has 2 aliphatic rings. The number of rotatable bonds is 5. The highest BCUT2D eigenvalue weighted by atomic mass is 16.5. The number of hydrogen-bond donors (Lipinski definition) is 1. The maximum atomic E-state index is 12.5. The van der Waals surface area contributed by atoms with Crippen LogP contribution in [0.25, 0.3) is 0 Å². The first-order valence-corrected chi connectivity index (χ1v) is 7.17. The summed E-state index contributed by atoms with van der Waals surface area (Å²) in [5, 5.41) is 2.78. The normalized spacial score (nSPS) is 31.0.